The van der Waals surface area contributed by atoms with Gasteiger partial charge in [-0.2, -0.15) is 24.3 Å². The average Bonchev–Trinajstić information content (AvgIpc) is 3.61. The molecule has 0 bridgehead atoms. The molecule has 62 heavy (non-hydrogen) atoms. The average molecular weight is 915 g/mol. The smallest absolute Gasteiger partial charge is 0.135 e. The second kappa shape index (κ2) is 16.4. The van der Waals surface area contributed by atoms with Crippen molar-refractivity contribution in [3.63, 3.8) is 0 Å². The quantitative estimate of drug-likeness (QED) is 0.122. The first-order chi connectivity index (χ1) is 29.5. The molecule has 0 unspecified atom stereocenters. The Morgan fingerprint density at radius 3 is 1.82 bits per heavy atom. The Bertz CT molecular complexity index is 2880. The minimum atomic E-state index is 0. The molecule has 2 aliphatic heterocycles. The largest absolute Gasteiger partial charge is 0.493 e. The number of fused-ring (bicyclic) bond motifs is 6. The van der Waals surface area contributed by atoms with Crippen molar-refractivity contribution < 1.29 is 20.4 Å². The summed E-state index contributed by atoms with van der Waals surface area (Å²) in [4.78, 5) is 13.8. The van der Waals surface area contributed by atoms with Crippen LogP contribution in [0.15, 0.2) is 180 Å². The predicted molar refractivity (Wildman–Crippen MR) is 256 cm³/mol. The van der Waals surface area contributed by atoms with Gasteiger partial charge in [0.1, 0.15) is 5.82 Å². The first kappa shape index (κ1) is 41.5. The summed E-state index contributed by atoms with van der Waals surface area (Å²) in [6.45, 7) is 16.0. The second-order valence-electron chi connectivity index (χ2n) is 17.9. The van der Waals surface area contributed by atoms with Crippen LogP contribution < -0.4 is 14.7 Å². The van der Waals surface area contributed by atoms with Crippen LogP contribution in [0, 0.1) is 18.8 Å². The van der Waals surface area contributed by atoms with Crippen LogP contribution in [-0.2, 0) is 31.3 Å². The van der Waals surface area contributed by atoms with Crippen molar-refractivity contribution in [2.45, 2.75) is 62.2 Å². The molecule has 4 nitrogen and oxygen atoms in total. The van der Waals surface area contributed by atoms with Gasteiger partial charge >= 0.3 is 0 Å². The number of rotatable bonds is 6. The monoisotopic (exact) mass is 913 g/mol. The summed E-state index contributed by atoms with van der Waals surface area (Å²) >= 11 is 1.68. The summed E-state index contributed by atoms with van der Waals surface area (Å²) in [5.41, 5.74) is 16.0. The molecule has 0 fully saturated rings. The van der Waals surface area contributed by atoms with Crippen LogP contribution in [0.2, 0.25) is 0 Å². The van der Waals surface area contributed by atoms with Crippen LogP contribution in [0.5, 0.6) is 0 Å². The molecule has 2 aliphatic rings. The fourth-order valence-electron chi connectivity index (χ4n) is 8.35. The van der Waals surface area contributed by atoms with E-state index in [1.54, 1.807) is 11.8 Å². The van der Waals surface area contributed by atoms with E-state index in [1.807, 2.05) is 12.3 Å². The van der Waals surface area contributed by atoms with E-state index in [0.29, 0.717) is 0 Å². The predicted octanol–water partition coefficient (Wildman–Crippen LogP) is 15.6. The molecule has 8 aromatic rings. The Kier molecular flexibility index (Phi) is 11.0. The number of nitrogens with zero attached hydrogens (tertiary/aromatic N) is 4. The van der Waals surface area contributed by atoms with Gasteiger partial charge in [-0.25, -0.2) is 4.98 Å². The molecule has 0 atom stereocenters. The minimum Gasteiger partial charge on any atom is -0.493 e. The SMILES string of the molecule is CC(C)(C)c1cc(N2[CH-]N(c3[c-]c(Sc4[c-]c5c(cc4)-c4ccccc4-c4ccc(-c6ccccc6)cc4N5c4ccccn4)ccc3)c3ccccc32)cc(C(C)(C)C)c1.[Pd]. The van der Waals surface area contributed by atoms with Crippen molar-refractivity contribution in [1.82, 2.24) is 4.98 Å². The molecular weight excluding hydrogens is 867 g/mol. The van der Waals surface area contributed by atoms with Crippen LogP contribution in [0.3, 0.4) is 0 Å². The molecule has 0 spiro atoms. The van der Waals surface area contributed by atoms with E-state index in [9.17, 15) is 0 Å². The molecule has 0 aliphatic carbocycles. The molecule has 0 saturated heterocycles. The zero-order chi connectivity index (χ0) is 41.9. The van der Waals surface area contributed by atoms with Crippen LogP contribution in [0.25, 0.3) is 33.4 Å². The van der Waals surface area contributed by atoms with Crippen LogP contribution in [0.1, 0.15) is 52.7 Å². The Morgan fingerprint density at radius 2 is 1.13 bits per heavy atom. The first-order valence-electron chi connectivity index (χ1n) is 21.0. The maximum Gasteiger partial charge on any atom is 0.135 e. The third kappa shape index (κ3) is 7.77. The maximum atomic E-state index is 4.94. The van der Waals surface area contributed by atoms with Crippen molar-refractivity contribution in [2.75, 3.05) is 14.7 Å². The Balaban J connectivity index is 0.00000490. The van der Waals surface area contributed by atoms with Crippen molar-refractivity contribution in [1.29, 1.82) is 0 Å². The molecule has 10 rings (SSSR count). The van der Waals surface area contributed by atoms with Gasteiger partial charge in [-0.15, -0.1) is 57.7 Å². The van der Waals surface area contributed by atoms with E-state index in [4.69, 9.17) is 4.98 Å². The van der Waals surface area contributed by atoms with E-state index >= 15 is 0 Å². The van der Waals surface area contributed by atoms with Crippen LogP contribution in [-0.4, -0.2) is 4.98 Å². The summed E-state index contributed by atoms with van der Waals surface area (Å²) in [5.74, 6) is 0.838. The summed E-state index contributed by atoms with van der Waals surface area (Å²) in [6, 6.07) is 66.5. The minimum absolute atomic E-state index is 0. The Morgan fingerprint density at radius 1 is 0.500 bits per heavy atom. The molecule has 0 amide bonds. The van der Waals surface area contributed by atoms with Gasteiger partial charge in [-0.05, 0) is 81.1 Å². The van der Waals surface area contributed by atoms with Crippen LogP contribution >= 0.6 is 11.8 Å². The van der Waals surface area contributed by atoms with Gasteiger partial charge < -0.3 is 14.7 Å². The van der Waals surface area contributed by atoms with E-state index in [-0.39, 0.29) is 31.3 Å². The summed E-state index contributed by atoms with van der Waals surface area (Å²) in [5, 5.41) is 0. The van der Waals surface area contributed by atoms with Crippen molar-refractivity contribution in [3.8, 4) is 33.4 Å². The van der Waals surface area contributed by atoms with Gasteiger partial charge in [0.2, 0.25) is 0 Å². The van der Waals surface area contributed by atoms with E-state index < -0.39 is 0 Å². The number of anilines is 7. The van der Waals surface area contributed by atoms with Gasteiger partial charge in [-0.1, -0.05) is 144 Å². The third-order valence-electron chi connectivity index (χ3n) is 11.6. The number of hydrogen-bond donors (Lipinski definition) is 0. The molecule has 0 radical (unpaired) electrons. The van der Waals surface area contributed by atoms with Crippen molar-refractivity contribution >= 4 is 51.7 Å². The van der Waals surface area contributed by atoms with Crippen molar-refractivity contribution in [2.24, 2.45) is 0 Å². The van der Waals surface area contributed by atoms with E-state index in [1.165, 1.54) is 27.8 Å². The van der Waals surface area contributed by atoms with E-state index in [0.717, 1.165) is 66.4 Å². The van der Waals surface area contributed by atoms with Gasteiger partial charge in [0.15, 0.2) is 0 Å². The first-order valence-corrected chi connectivity index (χ1v) is 21.8. The summed E-state index contributed by atoms with van der Waals surface area (Å²) < 4.78 is 0. The van der Waals surface area contributed by atoms with Crippen molar-refractivity contribution in [3.05, 3.63) is 200 Å². The number of aromatic nitrogens is 1. The Labute approximate surface area is 385 Å². The fraction of sp³-hybridized carbons (Fsp3) is 0.143. The van der Waals surface area contributed by atoms with Gasteiger partial charge in [0.25, 0.3) is 0 Å². The summed E-state index contributed by atoms with van der Waals surface area (Å²) in [6.07, 6.45) is 1.87. The fourth-order valence-corrected chi connectivity index (χ4v) is 9.17. The third-order valence-corrected chi connectivity index (χ3v) is 12.6. The zero-order valence-electron chi connectivity index (χ0n) is 35.8. The maximum absolute atomic E-state index is 4.94. The number of para-hydroxylation sites is 2. The molecule has 1 aromatic heterocycles. The number of hydrogen-bond acceptors (Lipinski definition) is 5. The molecule has 0 saturated carbocycles. The normalized spacial score (nSPS) is 13.1. The molecule has 7 aromatic carbocycles. The molecule has 310 valence electrons. The zero-order valence-corrected chi connectivity index (χ0v) is 38.1. The second-order valence-corrected chi connectivity index (χ2v) is 19.0. The van der Waals surface area contributed by atoms with Gasteiger partial charge in [0.05, 0.1) is 5.69 Å². The van der Waals surface area contributed by atoms with Crippen LogP contribution in [0.4, 0.5) is 39.9 Å². The molecule has 0 N–H and O–H groups in total. The van der Waals surface area contributed by atoms with E-state index in [2.05, 4.69) is 233 Å². The number of benzene rings is 7. The topological polar surface area (TPSA) is 22.6 Å². The van der Waals surface area contributed by atoms with Gasteiger partial charge in [-0.3, -0.25) is 0 Å². The Hall–Kier alpha value is -5.90. The number of pyridine rings is 1. The van der Waals surface area contributed by atoms with Gasteiger partial charge in [0, 0.05) is 49.2 Å². The standard InChI is InChI=1S/C56H47N4S.Pd/c1-55(2,3)40-32-41(56(4,5)6)34-43(33-40)59-37-58(50-23-12-13-24-51(50)59)42-19-16-20-44(35-42)61-45-27-29-49-47-22-11-10-21-46(47)48-28-26-39(38-17-8-7-9-18-38)31-52(48)60(53(49)36-45)54-25-14-15-30-57-54;/h7-34,37H,1-6H3;/q-3;. The summed E-state index contributed by atoms with van der Waals surface area (Å²) in [7, 11) is 0. The molecule has 3 heterocycles. The molecular formula is C56H47N4PdS-3. The molecule has 6 heteroatoms.